The third kappa shape index (κ3) is 5.01. The maximum Gasteiger partial charge on any atom is 0.307 e. The van der Waals surface area contributed by atoms with Crippen molar-refractivity contribution in [1.29, 1.82) is 0 Å². The van der Waals surface area contributed by atoms with Crippen LogP contribution in [0.4, 0.5) is 11.6 Å². The summed E-state index contributed by atoms with van der Waals surface area (Å²) in [6, 6.07) is 9.97. The lowest BCUT2D eigenvalue weighted by molar-refractivity contribution is 0.0993. The molecule has 12 heteroatoms. The van der Waals surface area contributed by atoms with E-state index in [0.29, 0.717) is 30.3 Å². The van der Waals surface area contributed by atoms with E-state index < -0.39 is 11.5 Å². The molecule has 0 unspecified atom stereocenters. The van der Waals surface area contributed by atoms with Crippen molar-refractivity contribution in [3.63, 3.8) is 0 Å². The molecule has 1 saturated heterocycles. The molecule has 0 spiro atoms. The number of aromatic nitrogens is 5. The molecule has 5 rings (SSSR count). The number of benzene rings is 1. The van der Waals surface area contributed by atoms with Gasteiger partial charge in [-0.25, -0.2) is 9.83 Å². The van der Waals surface area contributed by atoms with Crippen molar-refractivity contribution < 1.29 is 9.53 Å². The Morgan fingerprint density at radius 3 is 2.72 bits per heavy atom. The van der Waals surface area contributed by atoms with Gasteiger partial charge in [-0.05, 0) is 24.6 Å². The lowest BCUT2D eigenvalue weighted by Crippen LogP contribution is -2.44. The van der Waals surface area contributed by atoms with Crippen LogP contribution < -0.4 is 26.2 Å². The second kappa shape index (κ2) is 11.0. The molecule has 3 aromatic heterocycles. The van der Waals surface area contributed by atoms with E-state index in [1.807, 2.05) is 0 Å². The topological polar surface area (TPSA) is 138 Å². The molecule has 1 amide bonds. The average Bonchev–Trinajstić information content (AvgIpc) is 3.33. The lowest BCUT2D eigenvalue weighted by atomic mass is 10.2. The lowest BCUT2D eigenvalue weighted by Gasteiger charge is -2.28. The molecule has 1 aliphatic rings. The third-order valence-corrected chi connectivity index (χ3v) is 6.27. The van der Waals surface area contributed by atoms with Crippen molar-refractivity contribution in [2.45, 2.75) is 20.0 Å². The summed E-state index contributed by atoms with van der Waals surface area (Å²) in [5, 5.41) is 3.31. The number of hydrogen-bond acceptors (Lipinski definition) is 8. The van der Waals surface area contributed by atoms with Crippen molar-refractivity contribution in [3.05, 3.63) is 75.6 Å². The number of nitrogens with zero attached hydrogens (tertiary/aromatic N) is 7. The first-order valence-corrected chi connectivity index (χ1v) is 12.3. The zero-order valence-electron chi connectivity index (χ0n) is 21.2. The molecule has 3 N–H and O–H groups in total. The van der Waals surface area contributed by atoms with Crippen molar-refractivity contribution in [3.8, 4) is 23.6 Å². The Hall–Kier alpha value is -5.20. The van der Waals surface area contributed by atoms with Crippen LogP contribution >= 0.6 is 0 Å². The number of ether oxygens (including phenoxy) is 1. The minimum atomic E-state index is -0.790. The summed E-state index contributed by atoms with van der Waals surface area (Å²) in [7, 11) is 0. The van der Waals surface area contributed by atoms with Crippen LogP contribution in [0, 0.1) is 18.4 Å². The summed E-state index contributed by atoms with van der Waals surface area (Å²) in [4.78, 5) is 45.2. The number of carbonyl (C=O) groups excluding carboxylic acids is 1. The predicted molar refractivity (Wildman–Crippen MR) is 145 cm³/mol. The summed E-state index contributed by atoms with van der Waals surface area (Å²) >= 11 is 0. The summed E-state index contributed by atoms with van der Waals surface area (Å²) in [5.41, 5.74) is 6.40. The minimum absolute atomic E-state index is 0.00453. The molecule has 0 bridgehead atoms. The number of anilines is 1. The van der Waals surface area contributed by atoms with E-state index in [9.17, 15) is 9.59 Å². The first-order valence-electron chi connectivity index (χ1n) is 12.3. The first kappa shape index (κ1) is 25.4. The maximum atomic E-state index is 14.2. The molecule has 1 aromatic carbocycles. The Labute approximate surface area is 223 Å². The van der Waals surface area contributed by atoms with E-state index in [1.165, 1.54) is 16.8 Å². The van der Waals surface area contributed by atoms with Gasteiger partial charge in [0.1, 0.15) is 0 Å². The number of primary amides is 1. The zero-order valence-corrected chi connectivity index (χ0v) is 21.2. The van der Waals surface area contributed by atoms with Crippen molar-refractivity contribution >= 4 is 28.7 Å². The largest absolute Gasteiger partial charge is 0.423 e. The number of carbonyl (C=O) groups is 1. The van der Waals surface area contributed by atoms with Crippen LogP contribution in [-0.2, 0) is 13.1 Å². The number of imidazole rings is 1. The van der Waals surface area contributed by atoms with Crippen molar-refractivity contribution in [2.24, 2.45) is 5.73 Å². The second-order valence-corrected chi connectivity index (χ2v) is 8.68. The van der Waals surface area contributed by atoms with Crippen LogP contribution in [-0.4, -0.2) is 56.2 Å². The highest BCUT2D eigenvalue weighted by atomic mass is 16.5. The van der Waals surface area contributed by atoms with Gasteiger partial charge in [0.05, 0.1) is 13.1 Å². The molecular formula is C27H25N9O3. The van der Waals surface area contributed by atoms with Crippen LogP contribution in [0.1, 0.15) is 23.0 Å². The Morgan fingerprint density at radius 1 is 1.18 bits per heavy atom. The van der Waals surface area contributed by atoms with E-state index >= 15 is 0 Å². The van der Waals surface area contributed by atoms with Gasteiger partial charge in [0.25, 0.3) is 11.5 Å². The van der Waals surface area contributed by atoms with E-state index in [4.69, 9.17) is 22.0 Å². The highest BCUT2D eigenvalue weighted by Gasteiger charge is 2.25. The molecule has 196 valence electrons. The maximum absolute atomic E-state index is 14.2. The van der Waals surface area contributed by atoms with Gasteiger partial charge in [0, 0.05) is 38.9 Å². The Balaban J connectivity index is 1.74. The van der Waals surface area contributed by atoms with Gasteiger partial charge in [0.2, 0.25) is 5.95 Å². The van der Waals surface area contributed by atoms with Crippen LogP contribution in [0.3, 0.4) is 0 Å². The fourth-order valence-electron chi connectivity index (χ4n) is 4.40. The van der Waals surface area contributed by atoms with Crippen molar-refractivity contribution in [1.82, 2.24) is 29.4 Å². The number of nitrogens with one attached hydrogen (secondary N) is 1. The number of piperazine rings is 1. The highest BCUT2D eigenvalue weighted by Crippen LogP contribution is 2.27. The number of hydrogen-bond donors (Lipinski definition) is 2. The van der Waals surface area contributed by atoms with Crippen LogP contribution in [0.5, 0.6) is 11.8 Å². The fourth-order valence-corrected chi connectivity index (χ4v) is 4.40. The molecule has 12 nitrogen and oxygen atoms in total. The SMILES string of the molecule is [C-]#[N+]c1ccccc1Cn1c(Oc2cccnc2C(N)=O)nc2nc(N3CCNCC3)n(CC#CC)c2c1=O. The predicted octanol–water partition coefficient (Wildman–Crippen LogP) is 1.91. The van der Waals surface area contributed by atoms with Gasteiger partial charge in [0.15, 0.2) is 28.3 Å². The molecule has 1 fully saturated rings. The van der Waals surface area contributed by atoms with E-state index in [-0.39, 0.29) is 41.7 Å². The van der Waals surface area contributed by atoms with Gasteiger partial charge in [-0.3, -0.25) is 18.7 Å². The molecule has 4 heterocycles. The quantitative estimate of drug-likeness (QED) is 0.277. The molecule has 39 heavy (non-hydrogen) atoms. The summed E-state index contributed by atoms with van der Waals surface area (Å²) in [6.07, 6.45) is 1.42. The molecule has 4 aromatic rings. The number of nitrogens with two attached hydrogens (primary N) is 1. The summed E-state index contributed by atoms with van der Waals surface area (Å²) < 4.78 is 9.12. The van der Waals surface area contributed by atoms with Gasteiger partial charge < -0.3 is 20.7 Å². The number of para-hydroxylation sites is 1. The third-order valence-electron chi connectivity index (χ3n) is 6.27. The second-order valence-electron chi connectivity index (χ2n) is 8.68. The Morgan fingerprint density at radius 2 is 1.97 bits per heavy atom. The highest BCUT2D eigenvalue weighted by molar-refractivity contribution is 5.93. The average molecular weight is 524 g/mol. The van der Waals surface area contributed by atoms with Crippen LogP contribution in [0.15, 0.2) is 47.4 Å². The minimum Gasteiger partial charge on any atom is -0.423 e. The van der Waals surface area contributed by atoms with E-state index in [1.54, 1.807) is 41.8 Å². The van der Waals surface area contributed by atoms with Gasteiger partial charge in [-0.2, -0.15) is 9.97 Å². The van der Waals surface area contributed by atoms with E-state index in [0.717, 1.165) is 13.1 Å². The molecular weight excluding hydrogens is 498 g/mol. The first-order chi connectivity index (χ1) is 19.0. The zero-order chi connectivity index (χ0) is 27.4. The number of fused-ring (bicyclic) bond motifs is 1. The van der Waals surface area contributed by atoms with Crippen LogP contribution in [0.25, 0.3) is 16.0 Å². The molecule has 0 radical (unpaired) electrons. The monoisotopic (exact) mass is 523 g/mol. The van der Waals surface area contributed by atoms with Gasteiger partial charge in [-0.1, -0.05) is 30.2 Å². The van der Waals surface area contributed by atoms with Gasteiger partial charge in [-0.15, -0.1) is 5.92 Å². The molecule has 1 aliphatic heterocycles. The van der Waals surface area contributed by atoms with Crippen LogP contribution in [0.2, 0.25) is 0 Å². The Kier molecular flexibility index (Phi) is 7.21. The van der Waals surface area contributed by atoms with Gasteiger partial charge >= 0.3 is 6.01 Å². The smallest absolute Gasteiger partial charge is 0.307 e. The fraction of sp³-hybridized carbons (Fsp3) is 0.259. The number of amides is 1. The standard InChI is InChI=1S/C27H25N9O3/c1-3-4-14-35-22-24(32-26(35)34-15-12-30-13-16-34)33-27(39-20-10-7-11-31-21(20)23(28)37)36(25(22)38)17-18-8-5-6-9-19(18)29-2/h5-11,30H,12-17H2,1H3,(H2,28,37). The van der Waals surface area contributed by atoms with Crippen molar-refractivity contribution in [2.75, 3.05) is 31.1 Å². The summed E-state index contributed by atoms with van der Waals surface area (Å²) in [6.45, 7) is 12.5. The number of rotatable bonds is 7. The number of pyridine rings is 1. The molecule has 0 atom stereocenters. The van der Waals surface area contributed by atoms with E-state index in [2.05, 4.69) is 36.9 Å². The summed E-state index contributed by atoms with van der Waals surface area (Å²) in [5.74, 6) is 5.76. The normalized spacial score (nSPS) is 13.0. The Bertz CT molecular complexity index is 1720. The molecule has 0 saturated carbocycles. The molecule has 0 aliphatic carbocycles.